The third-order valence-electron chi connectivity index (χ3n) is 3.68. The van der Waals surface area contributed by atoms with Gasteiger partial charge in [0, 0.05) is 11.6 Å². The molecule has 1 saturated carbocycles. The van der Waals surface area contributed by atoms with Crippen molar-refractivity contribution in [3.8, 4) is 0 Å². The molecule has 0 saturated heterocycles. The molecular formula is C13H18F2N2. The van der Waals surface area contributed by atoms with Gasteiger partial charge in [-0.2, -0.15) is 0 Å². The molecule has 1 aliphatic rings. The summed E-state index contributed by atoms with van der Waals surface area (Å²) in [7, 11) is 0. The van der Waals surface area contributed by atoms with Crippen molar-refractivity contribution in [3.05, 3.63) is 34.9 Å². The Bertz CT molecular complexity index is 403. The van der Waals surface area contributed by atoms with Crippen LogP contribution in [-0.2, 0) is 0 Å². The number of rotatable bonds is 4. The molecule has 4 heteroatoms. The second kappa shape index (κ2) is 5.10. The van der Waals surface area contributed by atoms with E-state index in [1.807, 2.05) is 0 Å². The van der Waals surface area contributed by atoms with Crippen LogP contribution in [0.3, 0.4) is 0 Å². The van der Waals surface area contributed by atoms with E-state index < -0.39 is 11.6 Å². The van der Waals surface area contributed by atoms with E-state index in [0.29, 0.717) is 17.0 Å². The van der Waals surface area contributed by atoms with Crippen LogP contribution in [-0.4, -0.2) is 0 Å². The van der Waals surface area contributed by atoms with Gasteiger partial charge in [-0.1, -0.05) is 31.4 Å². The van der Waals surface area contributed by atoms with Gasteiger partial charge < -0.3 is 0 Å². The maximum atomic E-state index is 13.8. The Morgan fingerprint density at radius 1 is 1.35 bits per heavy atom. The van der Waals surface area contributed by atoms with Crippen LogP contribution < -0.4 is 11.3 Å². The first kappa shape index (κ1) is 12.5. The topological polar surface area (TPSA) is 38.0 Å². The van der Waals surface area contributed by atoms with Gasteiger partial charge in [-0.15, -0.1) is 0 Å². The van der Waals surface area contributed by atoms with E-state index >= 15 is 0 Å². The van der Waals surface area contributed by atoms with E-state index in [-0.39, 0.29) is 6.04 Å². The fourth-order valence-electron chi connectivity index (χ4n) is 2.28. The normalized spacial score (nSPS) is 17.9. The summed E-state index contributed by atoms with van der Waals surface area (Å²) < 4.78 is 27.3. The summed E-state index contributed by atoms with van der Waals surface area (Å²) >= 11 is 0. The minimum absolute atomic E-state index is 0.296. The van der Waals surface area contributed by atoms with Gasteiger partial charge >= 0.3 is 0 Å². The minimum atomic E-state index is -0.771. The first-order valence-corrected chi connectivity index (χ1v) is 6.04. The Morgan fingerprint density at radius 3 is 2.59 bits per heavy atom. The summed E-state index contributed by atoms with van der Waals surface area (Å²) in [6.07, 6.45) is 4.32. The fourth-order valence-corrected chi connectivity index (χ4v) is 2.28. The molecule has 1 aromatic carbocycles. The molecule has 2 rings (SSSR count). The highest BCUT2D eigenvalue weighted by Gasteiger charge is 2.25. The van der Waals surface area contributed by atoms with Gasteiger partial charge in [0.25, 0.3) is 0 Å². The van der Waals surface area contributed by atoms with Crippen LogP contribution in [0.15, 0.2) is 12.1 Å². The van der Waals surface area contributed by atoms with Crippen LogP contribution in [0.2, 0.25) is 0 Å². The minimum Gasteiger partial charge on any atom is -0.271 e. The molecule has 1 atom stereocenters. The van der Waals surface area contributed by atoms with Crippen molar-refractivity contribution in [1.82, 2.24) is 5.43 Å². The summed E-state index contributed by atoms with van der Waals surface area (Å²) in [5.74, 6) is 4.49. The largest absolute Gasteiger partial charge is 0.271 e. The number of hydrogen-bond acceptors (Lipinski definition) is 2. The lowest BCUT2D eigenvalue weighted by molar-refractivity contribution is 0.258. The average molecular weight is 240 g/mol. The van der Waals surface area contributed by atoms with Gasteiger partial charge in [-0.05, 0) is 24.8 Å². The Labute approximate surface area is 100 Å². The molecule has 0 heterocycles. The molecule has 1 aliphatic carbocycles. The molecule has 0 aromatic heterocycles. The highest BCUT2D eigenvalue weighted by atomic mass is 19.2. The molecule has 0 amide bonds. The fraction of sp³-hybridized carbons (Fsp3) is 0.538. The van der Waals surface area contributed by atoms with Gasteiger partial charge in [0.15, 0.2) is 11.6 Å². The maximum Gasteiger partial charge on any atom is 0.163 e. The molecule has 17 heavy (non-hydrogen) atoms. The third-order valence-corrected chi connectivity index (χ3v) is 3.68. The van der Waals surface area contributed by atoms with Crippen molar-refractivity contribution in [2.24, 2.45) is 11.8 Å². The van der Waals surface area contributed by atoms with Gasteiger partial charge in [-0.25, -0.2) is 8.78 Å². The predicted molar refractivity (Wildman–Crippen MR) is 63.1 cm³/mol. The van der Waals surface area contributed by atoms with Gasteiger partial charge in [0.2, 0.25) is 0 Å². The van der Waals surface area contributed by atoms with E-state index in [9.17, 15) is 8.78 Å². The Hall–Kier alpha value is -1.00. The number of halogens is 2. The zero-order valence-corrected chi connectivity index (χ0v) is 9.97. The van der Waals surface area contributed by atoms with Crippen molar-refractivity contribution >= 4 is 0 Å². The zero-order valence-electron chi connectivity index (χ0n) is 9.97. The molecule has 0 aliphatic heterocycles. The first-order chi connectivity index (χ1) is 8.13. The molecule has 0 spiro atoms. The number of benzene rings is 1. The lowest BCUT2D eigenvalue weighted by atomic mass is 9.79. The second-order valence-electron chi connectivity index (χ2n) is 4.85. The molecule has 0 radical (unpaired) electrons. The quantitative estimate of drug-likeness (QED) is 0.627. The number of nitrogens with two attached hydrogens (primary N) is 1. The lowest BCUT2D eigenvalue weighted by Gasteiger charge is -2.29. The highest BCUT2D eigenvalue weighted by Crippen LogP contribution is 2.35. The number of hydrazine groups is 1. The van der Waals surface area contributed by atoms with Crippen LogP contribution in [0.1, 0.15) is 42.9 Å². The van der Waals surface area contributed by atoms with Crippen molar-refractivity contribution in [3.63, 3.8) is 0 Å². The van der Waals surface area contributed by atoms with Crippen LogP contribution >= 0.6 is 0 Å². The molecule has 1 unspecified atom stereocenters. The van der Waals surface area contributed by atoms with Gasteiger partial charge in [0.05, 0.1) is 0 Å². The average Bonchev–Trinajstić information content (AvgIpc) is 2.27. The Balaban J connectivity index is 2.20. The van der Waals surface area contributed by atoms with Crippen molar-refractivity contribution in [2.45, 2.75) is 38.6 Å². The first-order valence-electron chi connectivity index (χ1n) is 6.04. The Kier molecular flexibility index (Phi) is 3.74. The SMILES string of the molecule is Cc1ccc(C(CC2CCC2)NN)c(F)c1F. The summed E-state index contributed by atoms with van der Waals surface area (Å²) in [6.45, 7) is 1.55. The van der Waals surface area contributed by atoms with E-state index in [1.165, 1.54) is 6.42 Å². The highest BCUT2D eigenvalue weighted by molar-refractivity contribution is 5.27. The standard InChI is InChI=1S/C13H18F2N2/c1-8-5-6-10(13(15)12(8)14)11(17-16)7-9-3-2-4-9/h5-6,9,11,17H,2-4,7,16H2,1H3. The van der Waals surface area contributed by atoms with Crippen molar-refractivity contribution < 1.29 is 8.78 Å². The van der Waals surface area contributed by atoms with Crippen molar-refractivity contribution in [2.75, 3.05) is 0 Å². The second-order valence-corrected chi connectivity index (χ2v) is 4.85. The molecule has 1 fully saturated rings. The van der Waals surface area contributed by atoms with E-state index in [1.54, 1.807) is 19.1 Å². The van der Waals surface area contributed by atoms with Crippen LogP contribution in [0.5, 0.6) is 0 Å². The monoisotopic (exact) mass is 240 g/mol. The number of hydrogen-bond donors (Lipinski definition) is 2. The predicted octanol–water partition coefficient (Wildman–Crippen LogP) is 2.97. The van der Waals surface area contributed by atoms with Gasteiger partial charge in [-0.3, -0.25) is 11.3 Å². The molecule has 1 aromatic rings. The van der Waals surface area contributed by atoms with E-state index in [0.717, 1.165) is 19.3 Å². The smallest absolute Gasteiger partial charge is 0.163 e. The zero-order chi connectivity index (χ0) is 12.4. The molecule has 94 valence electrons. The van der Waals surface area contributed by atoms with E-state index in [4.69, 9.17) is 5.84 Å². The van der Waals surface area contributed by atoms with Crippen LogP contribution in [0.4, 0.5) is 8.78 Å². The Morgan fingerprint density at radius 2 is 2.06 bits per heavy atom. The van der Waals surface area contributed by atoms with Gasteiger partial charge in [0.1, 0.15) is 0 Å². The summed E-state index contributed by atoms with van der Waals surface area (Å²) in [4.78, 5) is 0. The maximum absolute atomic E-state index is 13.8. The number of nitrogens with one attached hydrogen (secondary N) is 1. The molecule has 2 nitrogen and oxygen atoms in total. The van der Waals surface area contributed by atoms with E-state index in [2.05, 4.69) is 5.43 Å². The van der Waals surface area contributed by atoms with Crippen LogP contribution in [0.25, 0.3) is 0 Å². The van der Waals surface area contributed by atoms with Crippen LogP contribution in [0, 0.1) is 24.5 Å². The molecule has 3 N–H and O–H groups in total. The third kappa shape index (κ3) is 2.48. The number of aryl methyl sites for hydroxylation is 1. The summed E-state index contributed by atoms with van der Waals surface area (Å²) in [5, 5.41) is 0. The lowest BCUT2D eigenvalue weighted by Crippen LogP contribution is -2.32. The molecular weight excluding hydrogens is 222 g/mol. The molecule has 0 bridgehead atoms. The summed E-state index contributed by atoms with van der Waals surface area (Å²) in [6, 6.07) is 2.92. The van der Waals surface area contributed by atoms with Crippen molar-refractivity contribution in [1.29, 1.82) is 0 Å². The summed E-state index contributed by atoms with van der Waals surface area (Å²) in [5.41, 5.74) is 3.26.